The number of phenolic OH excluding ortho intramolecular Hbond substituents is 1. The van der Waals surface area contributed by atoms with E-state index >= 15 is 0 Å². The van der Waals surface area contributed by atoms with Crippen molar-refractivity contribution in [3.8, 4) is 16.9 Å². The third-order valence-electron chi connectivity index (χ3n) is 5.38. The fourth-order valence-electron chi connectivity index (χ4n) is 3.56. The van der Waals surface area contributed by atoms with Gasteiger partial charge in [0.15, 0.2) is 0 Å². The summed E-state index contributed by atoms with van der Waals surface area (Å²) in [7, 11) is 0. The van der Waals surface area contributed by atoms with Gasteiger partial charge in [-0.25, -0.2) is 5.43 Å². The predicted molar refractivity (Wildman–Crippen MR) is 122 cm³/mol. The van der Waals surface area contributed by atoms with Gasteiger partial charge >= 0.3 is 0 Å². The van der Waals surface area contributed by atoms with Crippen LogP contribution in [0.2, 0.25) is 0 Å². The van der Waals surface area contributed by atoms with Crippen molar-refractivity contribution in [1.82, 2.24) is 10.9 Å². The number of rotatable bonds is 5. The van der Waals surface area contributed by atoms with Crippen molar-refractivity contribution in [2.45, 2.75) is 13.8 Å². The lowest BCUT2D eigenvalue weighted by atomic mass is 9.93. The van der Waals surface area contributed by atoms with Crippen molar-refractivity contribution in [2.24, 2.45) is 0 Å². The van der Waals surface area contributed by atoms with Crippen LogP contribution in [0.25, 0.3) is 16.7 Å². The van der Waals surface area contributed by atoms with Gasteiger partial charge < -0.3 is 10.4 Å². The fourth-order valence-corrected chi connectivity index (χ4v) is 3.56. The Morgan fingerprint density at radius 3 is 2.55 bits per heavy atom. The van der Waals surface area contributed by atoms with E-state index < -0.39 is 0 Å². The standard InChI is InChI=1S/C25H23N3O3/c1-15-6-7-18(14-16(15)2)20-4-3-5-22-23(20)21(25(31)27-22)12-13-26-28-24(30)17-8-10-19(29)11-9-17/h3-12,14,26,29H,13H2,1-2H3,(H,27,31)(H,28,30). The normalized spacial score (nSPS) is 13.7. The molecule has 3 aromatic carbocycles. The van der Waals surface area contributed by atoms with E-state index in [2.05, 4.69) is 48.2 Å². The number of aromatic hydroxyl groups is 1. The Hall–Kier alpha value is -3.90. The van der Waals surface area contributed by atoms with Crippen molar-refractivity contribution in [3.05, 3.63) is 89.0 Å². The summed E-state index contributed by atoms with van der Waals surface area (Å²) in [5, 5.41) is 12.2. The van der Waals surface area contributed by atoms with E-state index in [1.54, 1.807) is 6.08 Å². The van der Waals surface area contributed by atoms with E-state index in [1.807, 2.05) is 18.2 Å². The summed E-state index contributed by atoms with van der Waals surface area (Å²) < 4.78 is 0. The summed E-state index contributed by atoms with van der Waals surface area (Å²) in [5.41, 5.74) is 12.5. The molecule has 0 radical (unpaired) electrons. The summed E-state index contributed by atoms with van der Waals surface area (Å²) in [6, 6.07) is 18.1. The number of benzene rings is 3. The molecule has 0 spiro atoms. The van der Waals surface area contributed by atoms with Gasteiger partial charge in [-0.1, -0.05) is 36.4 Å². The van der Waals surface area contributed by atoms with E-state index in [0.29, 0.717) is 11.1 Å². The molecule has 2 amide bonds. The molecule has 0 atom stereocenters. The zero-order chi connectivity index (χ0) is 22.0. The van der Waals surface area contributed by atoms with Crippen LogP contribution in [0.5, 0.6) is 5.75 Å². The number of amides is 2. The number of carbonyl (C=O) groups is 2. The van der Waals surface area contributed by atoms with Crippen LogP contribution in [0.15, 0.2) is 66.7 Å². The number of hydrogen-bond donors (Lipinski definition) is 4. The first-order valence-electron chi connectivity index (χ1n) is 9.99. The monoisotopic (exact) mass is 413 g/mol. The molecule has 0 aliphatic carbocycles. The van der Waals surface area contributed by atoms with E-state index in [-0.39, 0.29) is 24.1 Å². The van der Waals surface area contributed by atoms with Crippen LogP contribution in [-0.4, -0.2) is 23.5 Å². The van der Waals surface area contributed by atoms with Crippen LogP contribution in [0.1, 0.15) is 27.0 Å². The first kappa shape index (κ1) is 20.4. The lowest BCUT2D eigenvalue weighted by molar-refractivity contribution is -0.110. The van der Waals surface area contributed by atoms with E-state index in [1.165, 1.54) is 35.4 Å². The topological polar surface area (TPSA) is 90.5 Å². The van der Waals surface area contributed by atoms with Crippen LogP contribution in [0.3, 0.4) is 0 Å². The number of phenols is 1. The number of fused-ring (bicyclic) bond motifs is 1. The SMILES string of the molecule is Cc1ccc(-c2cccc3c2C(=CCNNC(=O)c2ccc(O)cc2)C(=O)N3)cc1C. The summed E-state index contributed by atoms with van der Waals surface area (Å²) in [4.78, 5) is 24.8. The van der Waals surface area contributed by atoms with Gasteiger partial charge in [0.25, 0.3) is 11.8 Å². The van der Waals surface area contributed by atoms with Gasteiger partial charge in [0.05, 0.1) is 0 Å². The average molecular weight is 413 g/mol. The number of nitrogens with one attached hydrogen (secondary N) is 3. The van der Waals surface area contributed by atoms with Gasteiger partial charge in [0, 0.05) is 28.9 Å². The number of anilines is 1. The van der Waals surface area contributed by atoms with Crippen molar-refractivity contribution < 1.29 is 14.7 Å². The lowest BCUT2D eigenvalue weighted by Gasteiger charge is -2.11. The largest absolute Gasteiger partial charge is 0.508 e. The molecule has 0 fully saturated rings. The van der Waals surface area contributed by atoms with Crippen LogP contribution in [-0.2, 0) is 4.79 Å². The van der Waals surface area contributed by atoms with E-state index in [0.717, 1.165) is 22.4 Å². The second-order valence-corrected chi connectivity index (χ2v) is 7.48. The lowest BCUT2D eigenvalue weighted by Crippen LogP contribution is -2.37. The van der Waals surface area contributed by atoms with Crippen LogP contribution in [0, 0.1) is 13.8 Å². The molecule has 0 unspecified atom stereocenters. The number of hydrazine groups is 1. The molecule has 3 aromatic rings. The predicted octanol–water partition coefficient (Wildman–Crippen LogP) is 3.95. The minimum Gasteiger partial charge on any atom is -0.508 e. The molecule has 156 valence electrons. The van der Waals surface area contributed by atoms with Crippen LogP contribution < -0.4 is 16.2 Å². The molecule has 31 heavy (non-hydrogen) atoms. The first-order chi connectivity index (χ1) is 14.9. The Balaban J connectivity index is 1.53. The molecule has 1 aliphatic heterocycles. The molecule has 1 aliphatic rings. The second kappa shape index (κ2) is 8.45. The fraction of sp³-hybridized carbons (Fsp3) is 0.120. The number of carbonyl (C=O) groups excluding carboxylic acids is 2. The Labute approximate surface area is 180 Å². The van der Waals surface area contributed by atoms with Gasteiger partial charge in [0.2, 0.25) is 0 Å². The average Bonchev–Trinajstić information content (AvgIpc) is 3.08. The summed E-state index contributed by atoms with van der Waals surface area (Å²) in [6.45, 7) is 4.42. The molecular formula is C25H23N3O3. The molecule has 0 aromatic heterocycles. The van der Waals surface area contributed by atoms with E-state index in [9.17, 15) is 14.7 Å². The minimum atomic E-state index is -0.328. The van der Waals surface area contributed by atoms with Crippen LogP contribution in [0.4, 0.5) is 5.69 Å². The first-order valence-corrected chi connectivity index (χ1v) is 9.99. The molecule has 0 saturated carbocycles. The van der Waals surface area contributed by atoms with Gasteiger partial charge in [-0.2, -0.15) is 0 Å². The Bertz CT molecular complexity index is 1200. The molecule has 4 N–H and O–H groups in total. The van der Waals surface area contributed by atoms with E-state index in [4.69, 9.17) is 0 Å². The van der Waals surface area contributed by atoms with Gasteiger partial charge in [0.1, 0.15) is 5.75 Å². The Kier molecular flexibility index (Phi) is 5.56. The smallest absolute Gasteiger partial charge is 0.265 e. The Morgan fingerprint density at radius 1 is 1.03 bits per heavy atom. The van der Waals surface area contributed by atoms with Gasteiger partial charge in [-0.05, 0) is 66.4 Å². The number of aryl methyl sites for hydroxylation is 2. The molecule has 0 bridgehead atoms. The van der Waals surface area contributed by atoms with Crippen molar-refractivity contribution in [3.63, 3.8) is 0 Å². The maximum atomic E-state index is 12.6. The molecule has 6 heteroatoms. The highest BCUT2D eigenvalue weighted by atomic mass is 16.3. The van der Waals surface area contributed by atoms with Crippen molar-refractivity contribution >= 4 is 23.1 Å². The number of hydrogen-bond acceptors (Lipinski definition) is 4. The highest BCUT2D eigenvalue weighted by Gasteiger charge is 2.27. The van der Waals surface area contributed by atoms with Gasteiger partial charge in [-0.3, -0.25) is 15.0 Å². The summed E-state index contributed by atoms with van der Waals surface area (Å²) in [5.74, 6) is -0.400. The molecule has 0 saturated heterocycles. The maximum Gasteiger partial charge on any atom is 0.265 e. The Morgan fingerprint density at radius 2 is 1.81 bits per heavy atom. The highest BCUT2D eigenvalue weighted by Crippen LogP contribution is 2.39. The van der Waals surface area contributed by atoms with Crippen LogP contribution >= 0.6 is 0 Å². The third-order valence-corrected chi connectivity index (χ3v) is 5.38. The van der Waals surface area contributed by atoms with Crippen molar-refractivity contribution in [1.29, 1.82) is 0 Å². The molecule has 6 nitrogen and oxygen atoms in total. The molecule has 4 rings (SSSR count). The second-order valence-electron chi connectivity index (χ2n) is 7.48. The zero-order valence-electron chi connectivity index (χ0n) is 17.3. The summed E-state index contributed by atoms with van der Waals surface area (Å²) in [6.07, 6.45) is 1.77. The molecule has 1 heterocycles. The molecular weight excluding hydrogens is 390 g/mol. The quantitative estimate of drug-likeness (QED) is 0.290. The van der Waals surface area contributed by atoms with Gasteiger partial charge in [-0.15, -0.1) is 0 Å². The zero-order valence-corrected chi connectivity index (χ0v) is 17.3. The minimum absolute atomic E-state index is 0.0970. The summed E-state index contributed by atoms with van der Waals surface area (Å²) >= 11 is 0. The maximum absolute atomic E-state index is 12.6. The highest BCUT2D eigenvalue weighted by molar-refractivity contribution is 6.33. The third kappa shape index (κ3) is 4.20. The van der Waals surface area contributed by atoms with Crippen molar-refractivity contribution in [2.75, 3.05) is 11.9 Å².